The van der Waals surface area contributed by atoms with Crippen LogP contribution in [-0.2, 0) is 10.0 Å². The molecule has 0 atom stereocenters. The Morgan fingerprint density at radius 3 is 2.35 bits per heavy atom. The Kier molecular flexibility index (Phi) is 4.84. The summed E-state index contributed by atoms with van der Waals surface area (Å²) in [6.45, 7) is 3.16. The van der Waals surface area contributed by atoms with Crippen LogP contribution in [0.2, 0.25) is 10.0 Å². The molecule has 0 amide bonds. The van der Waals surface area contributed by atoms with Crippen molar-refractivity contribution < 1.29 is 13.2 Å². The molecule has 0 radical (unpaired) electrons. The average Bonchev–Trinajstić information content (AvgIpc) is 2.42. The van der Waals surface area contributed by atoms with Crippen LogP contribution in [-0.4, -0.2) is 32.9 Å². The highest BCUT2D eigenvalue weighted by atomic mass is 35.5. The molecule has 20 heavy (non-hydrogen) atoms. The first kappa shape index (κ1) is 15.9. The minimum Gasteiger partial charge on any atom is -0.495 e. The van der Waals surface area contributed by atoms with Gasteiger partial charge in [-0.25, -0.2) is 8.42 Å². The normalized spacial score (nSPS) is 18.2. The van der Waals surface area contributed by atoms with Crippen molar-refractivity contribution in [3.05, 3.63) is 22.2 Å². The zero-order valence-electron chi connectivity index (χ0n) is 11.4. The standard InChI is InChI=1S/C13H17Cl2NO3S/c1-9-5-7-16(8-6-9)20(17,18)11-4-3-10(19-2)12(14)13(11)15/h3-4,9H,5-8H2,1-2H3. The summed E-state index contributed by atoms with van der Waals surface area (Å²) in [5.41, 5.74) is 0. The third-order valence-electron chi connectivity index (χ3n) is 3.59. The van der Waals surface area contributed by atoms with E-state index in [1.54, 1.807) is 0 Å². The largest absolute Gasteiger partial charge is 0.495 e. The lowest BCUT2D eigenvalue weighted by Gasteiger charge is -2.29. The Balaban J connectivity index is 2.37. The number of nitrogens with zero attached hydrogens (tertiary/aromatic N) is 1. The van der Waals surface area contributed by atoms with Gasteiger partial charge in [-0.3, -0.25) is 0 Å². The number of benzene rings is 1. The van der Waals surface area contributed by atoms with Crippen molar-refractivity contribution >= 4 is 33.2 Å². The van der Waals surface area contributed by atoms with Crippen LogP contribution in [0.5, 0.6) is 5.75 Å². The number of ether oxygens (including phenoxy) is 1. The minimum atomic E-state index is -3.60. The fraction of sp³-hybridized carbons (Fsp3) is 0.538. The molecule has 1 saturated heterocycles. The summed E-state index contributed by atoms with van der Waals surface area (Å²) >= 11 is 12.1. The fourth-order valence-electron chi connectivity index (χ4n) is 2.24. The molecule has 1 aromatic rings. The van der Waals surface area contributed by atoms with Gasteiger partial charge in [-0.15, -0.1) is 0 Å². The Morgan fingerprint density at radius 2 is 1.80 bits per heavy atom. The highest BCUT2D eigenvalue weighted by Gasteiger charge is 2.30. The average molecular weight is 338 g/mol. The lowest BCUT2D eigenvalue weighted by atomic mass is 10.0. The minimum absolute atomic E-state index is 0.0182. The molecule has 1 fully saturated rings. The van der Waals surface area contributed by atoms with Gasteiger partial charge < -0.3 is 4.74 Å². The summed E-state index contributed by atoms with van der Waals surface area (Å²) in [6, 6.07) is 2.97. The molecule has 1 aliphatic rings. The molecular formula is C13H17Cl2NO3S. The van der Waals surface area contributed by atoms with Crippen LogP contribution in [0.4, 0.5) is 0 Å². The molecule has 0 aromatic heterocycles. The fourth-order valence-corrected chi connectivity index (χ4v) is 4.52. The Hall–Kier alpha value is -0.490. The molecule has 1 aliphatic heterocycles. The highest BCUT2D eigenvalue weighted by Crippen LogP contribution is 2.38. The van der Waals surface area contributed by atoms with Gasteiger partial charge in [0.05, 0.1) is 12.1 Å². The summed E-state index contributed by atoms with van der Waals surface area (Å²) in [6.07, 6.45) is 1.72. The van der Waals surface area contributed by atoms with Gasteiger partial charge in [0, 0.05) is 13.1 Å². The SMILES string of the molecule is COc1ccc(S(=O)(=O)N2CCC(C)CC2)c(Cl)c1Cl. The van der Waals surface area contributed by atoms with E-state index in [4.69, 9.17) is 27.9 Å². The van der Waals surface area contributed by atoms with Crippen molar-refractivity contribution in [1.29, 1.82) is 0 Å². The third-order valence-corrected chi connectivity index (χ3v) is 6.51. The van der Waals surface area contributed by atoms with E-state index in [0.717, 1.165) is 12.8 Å². The number of methoxy groups -OCH3 is 1. The topological polar surface area (TPSA) is 46.6 Å². The lowest BCUT2D eigenvalue weighted by Crippen LogP contribution is -2.38. The number of halogens is 2. The maximum Gasteiger partial charge on any atom is 0.244 e. The molecule has 0 N–H and O–H groups in total. The molecule has 4 nitrogen and oxygen atoms in total. The van der Waals surface area contributed by atoms with Crippen molar-refractivity contribution in [3.8, 4) is 5.75 Å². The van der Waals surface area contributed by atoms with Gasteiger partial charge in [0.2, 0.25) is 10.0 Å². The van der Waals surface area contributed by atoms with E-state index in [2.05, 4.69) is 6.92 Å². The first-order chi connectivity index (χ1) is 9.37. The van der Waals surface area contributed by atoms with E-state index >= 15 is 0 Å². The summed E-state index contributed by atoms with van der Waals surface area (Å²) < 4.78 is 31.7. The number of hydrogen-bond donors (Lipinski definition) is 0. The van der Waals surface area contributed by atoms with E-state index in [-0.39, 0.29) is 14.9 Å². The van der Waals surface area contributed by atoms with Crippen LogP contribution in [0.3, 0.4) is 0 Å². The van der Waals surface area contributed by atoms with E-state index in [0.29, 0.717) is 24.8 Å². The van der Waals surface area contributed by atoms with Gasteiger partial charge in [0.1, 0.15) is 15.7 Å². The van der Waals surface area contributed by atoms with Crippen LogP contribution < -0.4 is 4.74 Å². The van der Waals surface area contributed by atoms with Crippen LogP contribution in [0.25, 0.3) is 0 Å². The van der Waals surface area contributed by atoms with E-state index in [9.17, 15) is 8.42 Å². The monoisotopic (exact) mass is 337 g/mol. The van der Waals surface area contributed by atoms with Gasteiger partial charge in [-0.2, -0.15) is 4.31 Å². The van der Waals surface area contributed by atoms with Crippen molar-refractivity contribution in [2.45, 2.75) is 24.7 Å². The summed E-state index contributed by atoms with van der Waals surface area (Å²) in [5, 5.41) is 0.144. The number of sulfonamides is 1. The van der Waals surface area contributed by atoms with Crippen LogP contribution in [0, 0.1) is 5.92 Å². The molecule has 7 heteroatoms. The van der Waals surface area contributed by atoms with Crippen molar-refractivity contribution in [1.82, 2.24) is 4.31 Å². The number of hydrogen-bond acceptors (Lipinski definition) is 3. The van der Waals surface area contributed by atoms with Gasteiger partial charge in [0.15, 0.2) is 0 Å². The second-order valence-corrected chi connectivity index (χ2v) is 7.64. The molecule has 1 aromatic carbocycles. The second-order valence-electron chi connectivity index (χ2n) is 4.98. The third kappa shape index (κ3) is 2.91. The zero-order chi connectivity index (χ0) is 14.9. The van der Waals surface area contributed by atoms with Crippen molar-refractivity contribution in [2.24, 2.45) is 5.92 Å². The Morgan fingerprint density at radius 1 is 1.20 bits per heavy atom. The predicted octanol–water partition coefficient (Wildman–Crippen LogP) is 3.42. The Bertz CT molecular complexity index is 596. The number of piperidine rings is 1. The molecule has 0 bridgehead atoms. The summed E-state index contributed by atoms with van der Waals surface area (Å²) in [7, 11) is -2.15. The maximum absolute atomic E-state index is 12.6. The lowest BCUT2D eigenvalue weighted by molar-refractivity contribution is 0.288. The maximum atomic E-state index is 12.6. The van der Waals surface area contributed by atoms with E-state index in [1.807, 2.05) is 0 Å². The molecule has 2 rings (SSSR count). The molecule has 0 unspecified atom stereocenters. The molecule has 1 heterocycles. The van der Waals surface area contributed by atoms with Crippen LogP contribution >= 0.6 is 23.2 Å². The molecule has 0 saturated carbocycles. The second kappa shape index (κ2) is 6.10. The number of rotatable bonds is 3. The first-order valence-corrected chi connectivity index (χ1v) is 8.59. The van der Waals surface area contributed by atoms with Gasteiger partial charge in [0.25, 0.3) is 0 Å². The Labute approximate surface area is 129 Å². The van der Waals surface area contributed by atoms with Crippen molar-refractivity contribution in [3.63, 3.8) is 0 Å². The highest BCUT2D eigenvalue weighted by molar-refractivity contribution is 7.89. The predicted molar refractivity (Wildman–Crippen MR) is 80.2 cm³/mol. The van der Waals surface area contributed by atoms with E-state index in [1.165, 1.54) is 23.5 Å². The molecule has 0 spiro atoms. The quantitative estimate of drug-likeness (QED) is 0.848. The smallest absolute Gasteiger partial charge is 0.244 e. The first-order valence-electron chi connectivity index (χ1n) is 6.40. The molecule has 0 aliphatic carbocycles. The van der Waals surface area contributed by atoms with Gasteiger partial charge in [-0.1, -0.05) is 30.1 Å². The summed E-state index contributed by atoms with van der Waals surface area (Å²) in [4.78, 5) is 0.0412. The summed E-state index contributed by atoms with van der Waals surface area (Å²) in [5.74, 6) is 0.916. The zero-order valence-corrected chi connectivity index (χ0v) is 13.7. The van der Waals surface area contributed by atoms with Crippen molar-refractivity contribution in [2.75, 3.05) is 20.2 Å². The van der Waals surface area contributed by atoms with Gasteiger partial charge >= 0.3 is 0 Å². The van der Waals surface area contributed by atoms with Crippen LogP contribution in [0.15, 0.2) is 17.0 Å². The van der Waals surface area contributed by atoms with Crippen LogP contribution in [0.1, 0.15) is 19.8 Å². The molecule has 112 valence electrons. The van der Waals surface area contributed by atoms with E-state index < -0.39 is 10.0 Å². The molecular weight excluding hydrogens is 321 g/mol. The van der Waals surface area contributed by atoms with Gasteiger partial charge in [-0.05, 0) is 30.9 Å².